The molecule has 132 valence electrons. The van der Waals surface area contributed by atoms with Crippen molar-refractivity contribution in [3.63, 3.8) is 0 Å². The van der Waals surface area contributed by atoms with Gasteiger partial charge in [0.1, 0.15) is 0 Å². The van der Waals surface area contributed by atoms with E-state index in [0.29, 0.717) is 17.0 Å². The summed E-state index contributed by atoms with van der Waals surface area (Å²) in [6, 6.07) is 5.22. The summed E-state index contributed by atoms with van der Waals surface area (Å²) >= 11 is 5.79. The van der Waals surface area contributed by atoms with Gasteiger partial charge in [0.2, 0.25) is 0 Å². The van der Waals surface area contributed by atoms with E-state index in [2.05, 4.69) is 0 Å². The van der Waals surface area contributed by atoms with Gasteiger partial charge in [-0.15, -0.1) is 0 Å². The van der Waals surface area contributed by atoms with Gasteiger partial charge in [0.15, 0.2) is 5.78 Å². The van der Waals surface area contributed by atoms with Crippen LogP contribution in [0.1, 0.15) is 43.0 Å². The predicted octanol–water partition coefficient (Wildman–Crippen LogP) is 2.89. The summed E-state index contributed by atoms with van der Waals surface area (Å²) in [6.45, 7) is 1.54. The Hall–Kier alpha value is -2.21. The van der Waals surface area contributed by atoms with E-state index in [9.17, 15) is 19.2 Å². The van der Waals surface area contributed by atoms with E-state index in [1.807, 2.05) is 6.92 Å². The third kappa shape index (κ3) is 3.31. The number of amides is 4. The summed E-state index contributed by atoms with van der Waals surface area (Å²) in [6.07, 6.45) is 3.59. The van der Waals surface area contributed by atoms with Crippen molar-refractivity contribution < 1.29 is 19.2 Å². The second kappa shape index (κ2) is 6.96. The zero-order valence-electron chi connectivity index (χ0n) is 13.9. The van der Waals surface area contributed by atoms with E-state index < -0.39 is 30.2 Å². The number of carbonyl (C=O) groups is 4. The van der Waals surface area contributed by atoms with Crippen molar-refractivity contribution in [2.45, 2.75) is 38.6 Å². The lowest BCUT2D eigenvalue weighted by molar-refractivity contribution is -0.144. The first-order valence-corrected chi connectivity index (χ1v) is 8.75. The number of benzene rings is 1. The highest BCUT2D eigenvalue weighted by Gasteiger charge is 2.49. The minimum Gasteiger partial charge on any atom is -0.292 e. The fourth-order valence-corrected chi connectivity index (χ4v) is 3.63. The van der Waals surface area contributed by atoms with Gasteiger partial charge in [-0.05, 0) is 43.0 Å². The highest BCUT2D eigenvalue weighted by Crippen LogP contribution is 2.31. The summed E-state index contributed by atoms with van der Waals surface area (Å²) in [4.78, 5) is 51.3. The minimum absolute atomic E-state index is 0.154. The topological polar surface area (TPSA) is 74.8 Å². The molecular weight excluding hydrogens is 344 g/mol. The molecule has 7 heteroatoms. The maximum atomic E-state index is 12.6. The van der Waals surface area contributed by atoms with Gasteiger partial charge in [0, 0.05) is 16.6 Å². The average molecular weight is 363 g/mol. The van der Waals surface area contributed by atoms with Crippen molar-refractivity contribution in [2.24, 2.45) is 5.92 Å². The smallest absolute Gasteiger partial charge is 0.292 e. The highest BCUT2D eigenvalue weighted by atomic mass is 35.5. The van der Waals surface area contributed by atoms with Gasteiger partial charge in [-0.2, -0.15) is 0 Å². The third-order valence-electron chi connectivity index (χ3n) is 4.95. The van der Waals surface area contributed by atoms with Gasteiger partial charge in [-0.3, -0.25) is 19.3 Å². The highest BCUT2D eigenvalue weighted by molar-refractivity contribution is 6.45. The van der Waals surface area contributed by atoms with Crippen molar-refractivity contribution in [1.29, 1.82) is 0 Å². The molecule has 6 nitrogen and oxygen atoms in total. The molecule has 0 spiro atoms. The van der Waals surface area contributed by atoms with Crippen LogP contribution in [0.5, 0.6) is 0 Å². The number of nitrogens with zero attached hydrogens (tertiary/aromatic N) is 2. The largest absolute Gasteiger partial charge is 0.334 e. The van der Waals surface area contributed by atoms with Crippen molar-refractivity contribution in [3.05, 3.63) is 34.9 Å². The average Bonchev–Trinajstić information content (AvgIpc) is 2.80. The van der Waals surface area contributed by atoms with Crippen LogP contribution >= 0.6 is 11.6 Å². The Morgan fingerprint density at radius 1 is 1.08 bits per heavy atom. The Bertz CT molecular complexity index is 731. The Labute approximate surface area is 150 Å². The number of imide groups is 2. The van der Waals surface area contributed by atoms with E-state index >= 15 is 0 Å². The van der Waals surface area contributed by atoms with Gasteiger partial charge in [0.05, 0.1) is 6.54 Å². The molecule has 4 amide bonds. The SMILES string of the molecule is C[C@H]1CCCC[C@H]1N1C(=O)C(=O)N(CC(=O)c2ccc(Cl)cc2)C1=O. The van der Waals surface area contributed by atoms with Crippen molar-refractivity contribution in [2.75, 3.05) is 6.54 Å². The Kier molecular flexibility index (Phi) is 4.90. The molecule has 2 fully saturated rings. The molecule has 2 atom stereocenters. The fourth-order valence-electron chi connectivity index (χ4n) is 3.51. The summed E-state index contributed by atoms with van der Waals surface area (Å²) < 4.78 is 0. The number of ketones is 1. The molecule has 0 N–H and O–H groups in total. The number of hydrogen-bond donors (Lipinski definition) is 0. The number of carbonyl (C=O) groups excluding carboxylic acids is 4. The lowest BCUT2D eigenvalue weighted by atomic mass is 9.85. The number of rotatable bonds is 4. The van der Waals surface area contributed by atoms with Crippen molar-refractivity contribution >= 4 is 35.2 Å². The Balaban J connectivity index is 1.77. The van der Waals surface area contributed by atoms with E-state index in [0.717, 1.165) is 29.1 Å². The van der Waals surface area contributed by atoms with Crippen LogP contribution < -0.4 is 0 Å². The first kappa shape index (κ1) is 17.6. The molecule has 1 aromatic carbocycles. The first-order chi connectivity index (χ1) is 11.9. The molecule has 0 unspecified atom stereocenters. The van der Waals surface area contributed by atoms with Crippen molar-refractivity contribution in [1.82, 2.24) is 9.80 Å². The molecule has 1 saturated heterocycles. The molecule has 3 rings (SSSR count). The van der Waals surface area contributed by atoms with Crippen LogP contribution in [0.25, 0.3) is 0 Å². The molecule has 1 heterocycles. The zero-order valence-corrected chi connectivity index (χ0v) is 14.7. The van der Waals surface area contributed by atoms with E-state index in [1.54, 1.807) is 12.1 Å². The standard InChI is InChI=1S/C18H19ClN2O4/c1-11-4-2-3-5-14(11)21-17(24)16(23)20(18(21)25)10-15(22)12-6-8-13(19)9-7-12/h6-9,11,14H,2-5,10H2,1H3/t11-,14+/m0/s1. The second-order valence-electron chi connectivity index (χ2n) is 6.61. The summed E-state index contributed by atoms with van der Waals surface area (Å²) in [5, 5.41) is 0.484. The van der Waals surface area contributed by atoms with Crippen LogP contribution in [-0.4, -0.2) is 46.0 Å². The summed E-state index contributed by atoms with van der Waals surface area (Å²) in [7, 11) is 0. The lowest BCUT2D eigenvalue weighted by Gasteiger charge is -2.34. The van der Waals surface area contributed by atoms with Gasteiger partial charge < -0.3 is 0 Å². The maximum Gasteiger partial charge on any atom is 0.334 e. The van der Waals surface area contributed by atoms with Crippen molar-refractivity contribution in [3.8, 4) is 0 Å². The van der Waals surface area contributed by atoms with Gasteiger partial charge in [-0.25, -0.2) is 9.69 Å². The van der Waals surface area contributed by atoms with Gasteiger partial charge >= 0.3 is 17.8 Å². The lowest BCUT2D eigenvalue weighted by Crippen LogP contribution is -2.46. The van der Waals surface area contributed by atoms with Crippen LogP contribution in [0.15, 0.2) is 24.3 Å². The Morgan fingerprint density at radius 3 is 2.36 bits per heavy atom. The monoisotopic (exact) mass is 362 g/mol. The maximum absolute atomic E-state index is 12.6. The van der Waals surface area contributed by atoms with E-state index in [1.165, 1.54) is 12.1 Å². The number of Topliss-reactive ketones (excluding diaryl/α,β-unsaturated/α-hetero) is 1. The molecule has 0 bridgehead atoms. The number of hydrogen-bond acceptors (Lipinski definition) is 4. The van der Waals surface area contributed by atoms with Crippen LogP contribution in [0, 0.1) is 5.92 Å². The summed E-state index contributed by atoms with van der Waals surface area (Å²) in [5.41, 5.74) is 0.335. The number of halogens is 1. The minimum atomic E-state index is -0.926. The van der Waals surface area contributed by atoms with E-state index in [-0.39, 0.29) is 12.0 Å². The molecule has 2 aliphatic rings. The summed E-state index contributed by atoms with van der Waals surface area (Å²) in [5.74, 6) is -2.01. The first-order valence-electron chi connectivity index (χ1n) is 8.38. The van der Waals surface area contributed by atoms with Crippen LogP contribution in [-0.2, 0) is 9.59 Å². The second-order valence-corrected chi connectivity index (χ2v) is 7.04. The fraction of sp³-hybridized carbons (Fsp3) is 0.444. The molecule has 1 saturated carbocycles. The molecule has 0 radical (unpaired) electrons. The molecule has 1 aliphatic carbocycles. The Morgan fingerprint density at radius 2 is 1.72 bits per heavy atom. The molecular formula is C18H19ClN2O4. The van der Waals surface area contributed by atoms with Gasteiger partial charge in [0.25, 0.3) is 0 Å². The van der Waals surface area contributed by atoms with E-state index in [4.69, 9.17) is 11.6 Å². The molecule has 1 aromatic rings. The van der Waals surface area contributed by atoms with Crippen LogP contribution in [0.2, 0.25) is 5.02 Å². The van der Waals surface area contributed by atoms with Crippen LogP contribution in [0.4, 0.5) is 4.79 Å². The normalized spacial score (nSPS) is 24.2. The molecule has 0 aromatic heterocycles. The number of urea groups is 1. The van der Waals surface area contributed by atoms with Gasteiger partial charge in [-0.1, -0.05) is 31.4 Å². The molecule has 1 aliphatic heterocycles. The zero-order chi connectivity index (χ0) is 18.1. The third-order valence-corrected chi connectivity index (χ3v) is 5.20. The molecule has 25 heavy (non-hydrogen) atoms. The van der Waals surface area contributed by atoms with Crippen LogP contribution in [0.3, 0.4) is 0 Å². The quantitative estimate of drug-likeness (QED) is 0.469. The predicted molar refractivity (Wildman–Crippen MR) is 91.2 cm³/mol.